The second kappa shape index (κ2) is 6.07. The van der Waals surface area contributed by atoms with Gasteiger partial charge in [-0.3, -0.25) is 4.90 Å². The quantitative estimate of drug-likeness (QED) is 0.732. The van der Waals surface area contributed by atoms with E-state index in [0.717, 1.165) is 12.5 Å². The van der Waals surface area contributed by atoms with Gasteiger partial charge in [-0.05, 0) is 52.0 Å². The van der Waals surface area contributed by atoms with E-state index in [1.807, 2.05) is 0 Å². The molecule has 1 aromatic carbocycles. The van der Waals surface area contributed by atoms with E-state index in [4.69, 9.17) is 9.47 Å². The average molecular weight is 344 g/mol. The monoisotopic (exact) mass is 343 g/mol. The molecule has 3 heteroatoms. The van der Waals surface area contributed by atoms with E-state index in [1.54, 1.807) is 0 Å². The van der Waals surface area contributed by atoms with Crippen LogP contribution in [0.1, 0.15) is 65.5 Å². The molecule has 0 bridgehead atoms. The van der Waals surface area contributed by atoms with Crippen LogP contribution in [0.4, 0.5) is 0 Å². The molecule has 0 N–H and O–H groups in total. The first-order valence-corrected chi connectivity index (χ1v) is 9.93. The van der Waals surface area contributed by atoms with Gasteiger partial charge in [-0.25, -0.2) is 0 Å². The topological polar surface area (TPSA) is 21.7 Å². The summed E-state index contributed by atoms with van der Waals surface area (Å²) < 4.78 is 13.3. The molecule has 1 saturated carbocycles. The van der Waals surface area contributed by atoms with Crippen LogP contribution in [0.15, 0.2) is 30.3 Å². The molecule has 25 heavy (non-hydrogen) atoms. The molecule has 0 unspecified atom stereocenters. The Bertz CT molecular complexity index is 612. The van der Waals surface area contributed by atoms with Gasteiger partial charge in [-0.1, -0.05) is 43.7 Å². The molecule has 138 valence electrons. The summed E-state index contributed by atoms with van der Waals surface area (Å²) in [5.41, 5.74) is 1.19. The number of ether oxygens (including phenoxy) is 2. The summed E-state index contributed by atoms with van der Waals surface area (Å²) in [6.45, 7) is 12.6. The van der Waals surface area contributed by atoms with Gasteiger partial charge in [0, 0.05) is 18.0 Å². The highest BCUT2D eigenvalue weighted by atomic mass is 16.6. The molecule has 3 nitrogen and oxygen atoms in total. The molecular formula is C22H33NO2. The molecule has 5 atom stereocenters. The van der Waals surface area contributed by atoms with E-state index in [-0.39, 0.29) is 23.5 Å². The van der Waals surface area contributed by atoms with Crippen LogP contribution in [0, 0.1) is 11.8 Å². The van der Waals surface area contributed by atoms with Crippen molar-refractivity contribution in [3.8, 4) is 0 Å². The Morgan fingerprint density at radius 3 is 2.48 bits per heavy atom. The summed E-state index contributed by atoms with van der Waals surface area (Å²) in [4.78, 5) is 2.60. The minimum Gasteiger partial charge on any atom is -0.362 e. The van der Waals surface area contributed by atoms with E-state index in [1.165, 1.54) is 24.8 Å². The predicted octanol–water partition coefficient (Wildman–Crippen LogP) is 4.78. The van der Waals surface area contributed by atoms with E-state index >= 15 is 0 Å². The fourth-order valence-corrected chi connectivity index (χ4v) is 5.33. The van der Waals surface area contributed by atoms with Gasteiger partial charge < -0.3 is 9.47 Å². The minimum absolute atomic E-state index is 0.0111. The van der Waals surface area contributed by atoms with Gasteiger partial charge in [-0.2, -0.15) is 0 Å². The molecule has 2 aliphatic heterocycles. The predicted molar refractivity (Wildman–Crippen MR) is 100 cm³/mol. The molecule has 0 aromatic heterocycles. The maximum absolute atomic E-state index is 6.76. The Balaban J connectivity index is 1.72. The molecule has 0 amide bonds. The zero-order valence-electron chi connectivity index (χ0n) is 16.4. The Labute approximate surface area is 152 Å². The maximum atomic E-state index is 6.76. The highest BCUT2D eigenvalue weighted by Gasteiger charge is 2.56. The van der Waals surface area contributed by atoms with Crippen molar-refractivity contribution >= 4 is 0 Å². The molecule has 3 aliphatic rings. The number of rotatable bonds is 1. The largest absolute Gasteiger partial charge is 0.362 e. The Kier molecular flexibility index (Phi) is 4.25. The summed E-state index contributed by atoms with van der Waals surface area (Å²) in [5, 5.41) is 0. The highest BCUT2D eigenvalue weighted by Crippen LogP contribution is 2.50. The van der Waals surface area contributed by atoms with E-state index in [2.05, 4.69) is 69.9 Å². The second-order valence-electron chi connectivity index (χ2n) is 9.58. The first kappa shape index (κ1) is 17.5. The third kappa shape index (κ3) is 3.05. The molecule has 1 aromatic rings. The second-order valence-corrected chi connectivity index (χ2v) is 9.58. The number of benzene rings is 1. The van der Waals surface area contributed by atoms with Gasteiger partial charge >= 0.3 is 0 Å². The van der Waals surface area contributed by atoms with Crippen LogP contribution in [0.5, 0.6) is 0 Å². The first-order valence-electron chi connectivity index (χ1n) is 9.93. The lowest BCUT2D eigenvalue weighted by atomic mass is 9.69. The fourth-order valence-electron chi connectivity index (χ4n) is 5.33. The van der Waals surface area contributed by atoms with Crippen LogP contribution in [-0.4, -0.2) is 34.9 Å². The van der Waals surface area contributed by atoms with Gasteiger partial charge in [-0.15, -0.1) is 0 Å². The number of hydrogen-bond donors (Lipinski definition) is 0. The number of nitrogens with zero attached hydrogens (tertiary/aromatic N) is 1. The standard InChI is InChI=1S/C22H33NO2/c1-15-11-12-17-18(13-15)24-20-19(16-9-7-6-8-10-16)25-21(2,3)14-23(20)22(17,4)5/h6-10,15,17-20H,11-14H2,1-5H3/t15-,17-,18-,19+,20+/m1/s1. The number of hydrogen-bond acceptors (Lipinski definition) is 3. The van der Waals surface area contributed by atoms with Crippen molar-refractivity contribution in [2.24, 2.45) is 11.8 Å². The SMILES string of the molecule is C[C@@H]1CC[C@@H]2[C@@H](C1)O[C@H]1[C@H](c3ccccc3)OC(C)(C)CN1C2(C)C. The number of morpholine rings is 1. The lowest BCUT2D eigenvalue weighted by Crippen LogP contribution is -2.70. The molecule has 2 heterocycles. The van der Waals surface area contributed by atoms with Crippen molar-refractivity contribution in [3.63, 3.8) is 0 Å². The van der Waals surface area contributed by atoms with Gasteiger partial charge in [0.25, 0.3) is 0 Å². The van der Waals surface area contributed by atoms with Crippen LogP contribution < -0.4 is 0 Å². The maximum Gasteiger partial charge on any atom is 0.142 e. The van der Waals surface area contributed by atoms with Gasteiger partial charge in [0.05, 0.1) is 11.7 Å². The first-order chi connectivity index (χ1) is 11.8. The summed E-state index contributed by atoms with van der Waals surface area (Å²) in [6.07, 6.45) is 4.13. The molecule has 4 rings (SSSR count). The molecule has 3 fully saturated rings. The van der Waals surface area contributed by atoms with Crippen LogP contribution in [0.3, 0.4) is 0 Å². The van der Waals surface area contributed by atoms with Crippen molar-refractivity contribution in [3.05, 3.63) is 35.9 Å². The zero-order chi connectivity index (χ0) is 17.8. The van der Waals surface area contributed by atoms with E-state index < -0.39 is 0 Å². The Hall–Kier alpha value is -0.900. The van der Waals surface area contributed by atoms with Crippen molar-refractivity contribution in [2.75, 3.05) is 6.54 Å². The van der Waals surface area contributed by atoms with E-state index in [9.17, 15) is 0 Å². The van der Waals surface area contributed by atoms with Crippen molar-refractivity contribution in [1.82, 2.24) is 4.90 Å². The molecule has 1 aliphatic carbocycles. The normalized spacial score (nSPS) is 40.1. The summed E-state index contributed by atoms with van der Waals surface area (Å²) in [7, 11) is 0. The molecule has 2 saturated heterocycles. The highest BCUT2D eigenvalue weighted by molar-refractivity contribution is 5.21. The summed E-state index contributed by atoms with van der Waals surface area (Å²) in [5.74, 6) is 1.38. The van der Waals surface area contributed by atoms with Crippen molar-refractivity contribution in [1.29, 1.82) is 0 Å². The van der Waals surface area contributed by atoms with Crippen molar-refractivity contribution in [2.45, 2.75) is 83.5 Å². The minimum atomic E-state index is -0.174. The van der Waals surface area contributed by atoms with Crippen LogP contribution in [0.25, 0.3) is 0 Å². The Morgan fingerprint density at radius 2 is 1.76 bits per heavy atom. The Morgan fingerprint density at radius 1 is 1.04 bits per heavy atom. The molecular weight excluding hydrogens is 310 g/mol. The average Bonchev–Trinajstić information content (AvgIpc) is 2.55. The van der Waals surface area contributed by atoms with E-state index in [0.29, 0.717) is 12.0 Å². The summed E-state index contributed by atoms with van der Waals surface area (Å²) in [6, 6.07) is 10.6. The third-order valence-electron chi connectivity index (χ3n) is 6.71. The fraction of sp³-hybridized carbons (Fsp3) is 0.727. The van der Waals surface area contributed by atoms with Gasteiger partial charge in [0.15, 0.2) is 0 Å². The smallest absolute Gasteiger partial charge is 0.142 e. The van der Waals surface area contributed by atoms with Gasteiger partial charge in [0.1, 0.15) is 12.3 Å². The lowest BCUT2D eigenvalue weighted by molar-refractivity contribution is -0.320. The number of fused-ring (bicyclic) bond motifs is 2. The van der Waals surface area contributed by atoms with Gasteiger partial charge in [0.2, 0.25) is 0 Å². The molecule has 0 radical (unpaired) electrons. The van der Waals surface area contributed by atoms with Crippen LogP contribution in [0.2, 0.25) is 0 Å². The lowest BCUT2D eigenvalue weighted by Gasteiger charge is -2.62. The summed E-state index contributed by atoms with van der Waals surface area (Å²) >= 11 is 0. The molecule has 0 spiro atoms. The zero-order valence-corrected chi connectivity index (χ0v) is 16.4. The van der Waals surface area contributed by atoms with Crippen LogP contribution in [-0.2, 0) is 9.47 Å². The van der Waals surface area contributed by atoms with Crippen molar-refractivity contribution < 1.29 is 9.47 Å². The third-order valence-corrected chi connectivity index (χ3v) is 6.71. The van der Waals surface area contributed by atoms with Crippen LogP contribution >= 0.6 is 0 Å².